The van der Waals surface area contributed by atoms with Crippen LogP contribution in [0.4, 0.5) is 0 Å². The van der Waals surface area contributed by atoms with Gasteiger partial charge in [-0.05, 0) is 17.7 Å². The molecule has 1 aromatic rings. The van der Waals surface area contributed by atoms with Crippen LogP contribution < -0.4 is 0 Å². The number of aliphatic hydroxyl groups is 1. The molecule has 6 nitrogen and oxygen atoms in total. The number of aromatic hydroxyl groups is 1. The van der Waals surface area contributed by atoms with Crippen molar-refractivity contribution in [3.8, 4) is 5.75 Å². The zero-order chi connectivity index (χ0) is 15.6. The minimum absolute atomic E-state index is 0.0780. The second kappa shape index (κ2) is 5.41. The molecule has 110 valence electrons. The zero-order valence-corrected chi connectivity index (χ0v) is 10.9. The molecule has 0 aromatic heterocycles. The lowest BCUT2D eigenvalue weighted by atomic mass is 9.79. The summed E-state index contributed by atoms with van der Waals surface area (Å²) >= 11 is 0. The molecule has 1 aliphatic carbocycles. The summed E-state index contributed by atoms with van der Waals surface area (Å²) in [5.74, 6) is -3.97. The Labute approximate surface area is 120 Å². The maximum absolute atomic E-state index is 11.2. The zero-order valence-electron chi connectivity index (χ0n) is 10.9. The van der Waals surface area contributed by atoms with Gasteiger partial charge in [0.2, 0.25) is 0 Å². The lowest BCUT2D eigenvalue weighted by Gasteiger charge is -2.31. The summed E-state index contributed by atoms with van der Waals surface area (Å²) < 4.78 is 0. The number of hydrogen-bond acceptors (Lipinski definition) is 4. The summed E-state index contributed by atoms with van der Waals surface area (Å²) in [5.41, 5.74) is -1.52. The van der Waals surface area contributed by atoms with Crippen LogP contribution in [0, 0.1) is 5.92 Å². The van der Waals surface area contributed by atoms with Crippen LogP contribution in [-0.4, -0.2) is 38.0 Å². The van der Waals surface area contributed by atoms with Crippen molar-refractivity contribution in [1.29, 1.82) is 0 Å². The summed E-state index contributed by atoms with van der Waals surface area (Å²) in [6, 6.07) is 3.88. The Kier molecular flexibility index (Phi) is 3.82. The Bertz CT molecular complexity index is 646. The van der Waals surface area contributed by atoms with Crippen LogP contribution in [-0.2, 0) is 11.2 Å². The predicted molar refractivity (Wildman–Crippen MR) is 73.1 cm³/mol. The number of benzene rings is 1. The number of phenols is 1. The third kappa shape index (κ3) is 2.95. The van der Waals surface area contributed by atoms with Crippen molar-refractivity contribution >= 4 is 11.9 Å². The number of aliphatic carboxylic acids is 1. The molecule has 0 saturated carbocycles. The molecule has 6 heteroatoms. The predicted octanol–water partition coefficient (Wildman–Crippen LogP) is 1.19. The first-order valence-corrected chi connectivity index (χ1v) is 6.20. The van der Waals surface area contributed by atoms with Crippen LogP contribution in [0.15, 0.2) is 42.5 Å². The molecule has 1 aliphatic rings. The van der Waals surface area contributed by atoms with E-state index in [1.54, 1.807) is 0 Å². The Morgan fingerprint density at radius 1 is 1.19 bits per heavy atom. The third-order valence-electron chi connectivity index (χ3n) is 3.38. The van der Waals surface area contributed by atoms with E-state index in [-0.39, 0.29) is 17.7 Å². The van der Waals surface area contributed by atoms with Crippen molar-refractivity contribution in [2.24, 2.45) is 5.92 Å². The van der Waals surface area contributed by atoms with E-state index >= 15 is 0 Å². The van der Waals surface area contributed by atoms with Gasteiger partial charge in [-0.3, -0.25) is 4.79 Å². The molecule has 4 N–H and O–H groups in total. The Hall–Kier alpha value is -2.60. The number of carboxylic acids is 2. The third-order valence-corrected chi connectivity index (χ3v) is 3.38. The van der Waals surface area contributed by atoms with Crippen LogP contribution in [0.1, 0.15) is 15.9 Å². The molecule has 0 spiro atoms. The average Bonchev–Trinajstić information content (AvgIpc) is 2.40. The van der Waals surface area contributed by atoms with Gasteiger partial charge in [-0.25, -0.2) is 4.79 Å². The van der Waals surface area contributed by atoms with Crippen molar-refractivity contribution in [1.82, 2.24) is 0 Å². The smallest absolute Gasteiger partial charge is 0.339 e. The second-order valence-corrected chi connectivity index (χ2v) is 4.88. The van der Waals surface area contributed by atoms with Crippen molar-refractivity contribution in [2.45, 2.75) is 12.0 Å². The molecule has 0 heterocycles. The van der Waals surface area contributed by atoms with Gasteiger partial charge in [0.25, 0.3) is 0 Å². The summed E-state index contributed by atoms with van der Waals surface area (Å²) in [6.45, 7) is 0. The van der Waals surface area contributed by atoms with Gasteiger partial charge in [0.05, 0.1) is 0 Å². The van der Waals surface area contributed by atoms with Gasteiger partial charge in [0.1, 0.15) is 22.8 Å². The molecule has 1 aromatic carbocycles. The molecule has 0 fully saturated rings. The topological polar surface area (TPSA) is 115 Å². The number of allylic oxidation sites excluding steroid dienone is 2. The molecule has 0 bridgehead atoms. The normalized spacial score (nSPS) is 24.0. The van der Waals surface area contributed by atoms with E-state index in [1.165, 1.54) is 42.5 Å². The first-order valence-electron chi connectivity index (χ1n) is 6.20. The highest BCUT2D eigenvalue weighted by Crippen LogP contribution is 2.30. The van der Waals surface area contributed by atoms with E-state index in [9.17, 15) is 19.8 Å². The molecule has 0 amide bonds. The van der Waals surface area contributed by atoms with Crippen molar-refractivity contribution in [3.05, 3.63) is 53.6 Å². The molecule has 0 aliphatic heterocycles. The number of carbonyl (C=O) groups is 2. The number of aromatic carboxylic acids is 1. The Morgan fingerprint density at radius 3 is 2.52 bits per heavy atom. The van der Waals surface area contributed by atoms with E-state index in [1.807, 2.05) is 0 Å². The molecular weight excluding hydrogens is 276 g/mol. The number of carboxylic acid groups (broad SMARTS) is 2. The molecule has 0 radical (unpaired) electrons. The summed E-state index contributed by atoms with van der Waals surface area (Å²) in [4.78, 5) is 22.2. The van der Waals surface area contributed by atoms with Crippen LogP contribution >= 0.6 is 0 Å². The lowest BCUT2D eigenvalue weighted by molar-refractivity contribution is -0.146. The van der Waals surface area contributed by atoms with Gasteiger partial charge >= 0.3 is 11.9 Å². The van der Waals surface area contributed by atoms with E-state index < -0.39 is 23.5 Å². The first kappa shape index (κ1) is 14.8. The Balaban J connectivity index is 2.34. The first-order chi connectivity index (χ1) is 9.83. The van der Waals surface area contributed by atoms with Gasteiger partial charge in [-0.15, -0.1) is 0 Å². The number of rotatable bonds is 4. The van der Waals surface area contributed by atoms with Crippen molar-refractivity contribution in [2.75, 3.05) is 0 Å². The minimum atomic E-state index is -1.65. The molecule has 0 saturated heterocycles. The van der Waals surface area contributed by atoms with E-state index in [4.69, 9.17) is 10.2 Å². The molecular formula is C15H14O6. The van der Waals surface area contributed by atoms with Crippen molar-refractivity contribution in [3.63, 3.8) is 0 Å². The second-order valence-electron chi connectivity index (χ2n) is 4.88. The molecule has 21 heavy (non-hydrogen) atoms. The van der Waals surface area contributed by atoms with Crippen LogP contribution in [0.2, 0.25) is 0 Å². The summed E-state index contributed by atoms with van der Waals surface area (Å²) in [7, 11) is 0. The maximum atomic E-state index is 11.2. The summed E-state index contributed by atoms with van der Waals surface area (Å²) in [5, 5.41) is 38.1. The van der Waals surface area contributed by atoms with Crippen LogP contribution in [0.25, 0.3) is 0 Å². The maximum Gasteiger partial charge on any atom is 0.339 e. The molecule has 2 unspecified atom stereocenters. The average molecular weight is 290 g/mol. The van der Waals surface area contributed by atoms with E-state index in [0.29, 0.717) is 5.56 Å². The van der Waals surface area contributed by atoms with Crippen LogP contribution in [0.3, 0.4) is 0 Å². The number of hydrogen-bond donors (Lipinski definition) is 4. The van der Waals surface area contributed by atoms with Gasteiger partial charge in [0.15, 0.2) is 0 Å². The highest BCUT2D eigenvalue weighted by atomic mass is 16.4. The van der Waals surface area contributed by atoms with Gasteiger partial charge in [-0.1, -0.05) is 30.4 Å². The largest absolute Gasteiger partial charge is 0.507 e. The molecule has 2 atom stereocenters. The van der Waals surface area contributed by atoms with Crippen LogP contribution in [0.5, 0.6) is 5.75 Å². The highest BCUT2D eigenvalue weighted by Gasteiger charge is 2.39. The minimum Gasteiger partial charge on any atom is -0.507 e. The van der Waals surface area contributed by atoms with Crippen molar-refractivity contribution < 1.29 is 30.0 Å². The monoisotopic (exact) mass is 290 g/mol. The van der Waals surface area contributed by atoms with Gasteiger partial charge in [0, 0.05) is 6.42 Å². The van der Waals surface area contributed by atoms with E-state index in [0.717, 1.165) is 0 Å². The fraction of sp³-hybridized carbons (Fsp3) is 0.200. The molecule has 2 rings (SSSR count). The van der Waals surface area contributed by atoms with E-state index in [2.05, 4.69) is 0 Å². The van der Waals surface area contributed by atoms with Gasteiger partial charge < -0.3 is 20.4 Å². The quantitative estimate of drug-likeness (QED) is 0.662. The fourth-order valence-electron chi connectivity index (χ4n) is 2.32. The van der Waals surface area contributed by atoms with Gasteiger partial charge in [-0.2, -0.15) is 0 Å². The highest BCUT2D eigenvalue weighted by molar-refractivity contribution is 5.91. The standard InChI is InChI=1S/C15H14O6/c16-12-5-4-9(7-10(12)13(17)18)8-15(21)6-2-1-3-11(15)14(19)20/h1-7,11,16,21H,8H2,(H,17,18)(H,19,20). The Morgan fingerprint density at radius 2 is 1.90 bits per heavy atom. The lowest BCUT2D eigenvalue weighted by Crippen LogP contribution is -2.42. The summed E-state index contributed by atoms with van der Waals surface area (Å²) in [6.07, 6.45) is 5.75. The SMILES string of the molecule is O=C(O)c1cc(CC2(O)C=CC=CC2C(=O)O)ccc1O. The fourth-order valence-corrected chi connectivity index (χ4v) is 2.32.